The zero-order chi connectivity index (χ0) is 21.4. The Hall–Kier alpha value is -1.81. The molecule has 5 heteroatoms. The fraction of sp³-hybridized carbons (Fsp3) is 0.440. The summed E-state index contributed by atoms with van der Waals surface area (Å²) < 4.78 is 57.0. The second-order valence-electron chi connectivity index (χ2n) is 8.55. The van der Waals surface area contributed by atoms with E-state index in [9.17, 15) is 17.6 Å². The molecule has 0 N–H and O–H groups in total. The van der Waals surface area contributed by atoms with E-state index < -0.39 is 28.3 Å². The van der Waals surface area contributed by atoms with Crippen LogP contribution in [0.4, 0.5) is 17.6 Å². The fourth-order valence-corrected chi connectivity index (χ4v) is 5.65. The second kappa shape index (κ2) is 8.74. The number of unbranched alkanes of at least 4 members (excludes halogenated alkanes) is 1. The van der Waals surface area contributed by atoms with Gasteiger partial charge in [-0.25, -0.2) is 17.6 Å². The van der Waals surface area contributed by atoms with Gasteiger partial charge in [0.2, 0.25) is 0 Å². The van der Waals surface area contributed by atoms with Crippen LogP contribution >= 0.6 is 11.6 Å². The van der Waals surface area contributed by atoms with Crippen LogP contribution in [0.1, 0.15) is 67.6 Å². The van der Waals surface area contributed by atoms with Crippen molar-refractivity contribution in [2.75, 3.05) is 0 Å². The monoisotopic (exact) mass is 436 g/mol. The summed E-state index contributed by atoms with van der Waals surface area (Å²) in [6.07, 6.45) is 9.08. The number of fused-ring (bicyclic) bond motifs is 3. The summed E-state index contributed by atoms with van der Waals surface area (Å²) in [7, 11) is 0. The molecule has 0 radical (unpaired) electrons. The van der Waals surface area contributed by atoms with Crippen molar-refractivity contribution >= 4 is 11.6 Å². The quantitative estimate of drug-likeness (QED) is 0.258. The van der Waals surface area contributed by atoms with E-state index in [0.717, 1.165) is 37.3 Å². The van der Waals surface area contributed by atoms with Gasteiger partial charge >= 0.3 is 0 Å². The van der Waals surface area contributed by atoms with E-state index in [1.165, 1.54) is 18.2 Å². The third-order valence-corrected chi connectivity index (χ3v) is 7.16. The molecule has 160 valence electrons. The lowest BCUT2D eigenvalue weighted by molar-refractivity contribution is 0.193. The summed E-state index contributed by atoms with van der Waals surface area (Å²) in [5.41, 5.74) is 1.89. The SMILES string of the molecule is CCCC=C[C@@H]1CC[C@H]2c3cc(F)cc(F)c3CC[C@@H]2[C@H]1c1cc(F)c(Cl)c(F)c1. The molecule has 0 heterocycles. The molecule has 1 fully saturated rings. The Balaban J connectivity index is 1.78. The summed E-state index contributed by atoms with van der Waals surface area (Å²) >= 11 is 5.72. The van der Waals surface area contributed by atoms with E-state index in [2.05, 4.69) is 19.1 Å². The molecule has 0 unspecified atom stereocenters. The van der Waals surface area contributed by atoms with Crippen LogP contribution < -0.4 is 0 Å². The smallest absolute Gasteiger partial charge is 0.145 e. The summed E-state index contributed by atoms with van der Waals surface area (Å²) in [5, 5.41) is -0.498. The first kappa shape index (κ1) is 21.4. The lowest BCUT2D eigenvalue weighted by Gasteiger charge is -2.46. The maximum absolute atomic E-state index is 14.4. The molecular formula is C25H25ClF4. The Bertz CT molecular complexity index is 945. The highest BCUT2D eigenvalue weighted by Crippen LogP contribution is 2.54. The van der Waals surface area contributed by atoms with Gasteiger partial charge in [0, 0.05) is 6.07 Å². The summed E-state index contributed by atoms with van der Waals surface area (Å²) in [6.45, 7) is 2.10. The van der Waals surface area contributed by atoms with Crippen LogP contribution in [0.25, 0.3) is 0 Å². The van der Waals surface area contributed by atoms with Crippen LogP contribution in [-0.4, -0.2) is 0 Å². The molecule has 2 aliphatic carbocycles. The van der Waals surface area contributed by atoms with Gasteiger partial charge in [-0.05, 0) is 90.7 Å². The van der Waals surface area contributed by atoms with Gasteiger partial charge in [0.1, 0.15) is 28.3 Å². The summed E-state index contributed by atoms with van der Waals surface area (Å²) in [4.78, 5) is 0. The first-order valence-electron chi connectivity index (χ1n) is 10.7. The molecule has 30 heavy (non-hydrogen) atoms. The molecule has 4 atom stereocenters. The molecule has 0 spiro atoms. The maximum Gasteiger partial charge on any atom is 0.145 e. The molecule has 0 amide bonds. The first-order chi connectivity index (χ1) is 14.4. The summed E-state index contributed by atoms with van der Waals surface area (Å²) in [5.74, 6) is -2.57. The van der Waals surface area contributed by atoms with Gasteiger partial charge in [0.25, 0.3) is 0 Å². The minimum atomic E-state index is -0.765. The Morgan fingerprint density at radius 3 is 2.40 bits per heavy atom. The van der Waals surface area contributed by atoms with Crippen molar-refractivity contribution < 1.29 is 17.6 Å². The molecule has 2 aliphatic rings. The number of benzene rings is 2. The van der Waals surface area contributed by atoms with Gasteiger partial charge in [-0.1, -0.05) is 37.1 Å². The minimum Gasteiger partial charge on any atom is -0.207 e. The van der Waals surface area contributed by atoms with Crippen molar-refractivity contribution in [2.45, 2.75) is 57.3 Å². The van der Waals surface area contributed by atoms with Gasteiger partial charge in [-0.15, -0.1) is 0 Å². The molecule has 1 saturated carbocycles. The molecule has 2 aromatic rings. The second-order valence-corrected chi connectivity index (χ2v) is 8.92. The zero-order valence-corrected chi connectivity index (χ0v) is 17.7. The minimum absolute atomic E-state index is 0.0263. The van der Waals surface area contributed by atoms with Gasteiger partial charge in [-0.3, -0.25) is 0 Å². The standard InChI is InChI=1S/C25H25ClF4/c1-2-3-4-5-14-6-7-17-19(9-8-18-20(17)12-16(27)13-21(18)28)24(14)15-10-22(29)25(26)23(30)11-15/h4-5,10-14,17,19,24H,2-3,6-9H2,1H3/t14-,17-,19+,24-/m1/s1. The van der Waals surface area contributed by atoms with Crippen molar-refractivity contribution in [3.8, 4) is 0 Å². The van der Waals surface area contributed by atoms with Crippen LogP contribution in [0.5, 0.6) is 0 Å². The van der Waals surface area contributed by atoms with E-state index >= 15 is 0 Å². The predicted molar refractivity (Wildman–Crippen MR) is 112 cm³/mol. The summed E-state index contributed by atoms with van der Waals surface area (Å²) in [6, 6.07) is 5.06. The molecular weight excluding hydrogens is 412 g/mol. The first-order valence-corrected chi connectivity index (χ1v) is 11.1. The van der Waals surface area contributed by atoms with E-state index in [1.54, 1.807) is 0 Å². The van der Waals surface area contributed by atoms with Crippen molar-refractivity contribution in [3.63, 3.8) is 0 Å². The molecule has 4 rings (SSSR count). The number of hydrogen-bond acceptors (Lipinski definition) is 0. The van der Waals surface area contributed by atoms with Crippen LogP contribution in [0, 0.1) is 35.1 Å². The largest absolute Gasteiger partial charge is 0.207 e. The van der Waals surface area contributed by atoms with E-state index in [4.69, 9.17) is 11.6 Å². The normalized spacial score (nSPS) is 25.9. The maximum atomic E-state index is 14.4. The average molecular weight is 437 g/mol. The van der Waals surface area contributed by atoms with Crippen LogP contribution in [0.3, 0.4) is 0 Å². The Kier molecular flexibility index (Phi) is 6.24. The topological polar surface area (TPSA) is 0 Å². The lowest BCUT2D eigenvalue weighted by Crippen LogP contribution is -2.35. The Morgan fingerprint density at radius 1 is 0.967 bits per heavy atom. The van der Waals surface area contributed by atoms with E-state index in [0.29, 0.717) is 24.0 Å². The van der Waals surface area contributed by atoms with Gasteiger partial charge in [-0.2, -0.15) is 0 Å². The Morgan fingerprint density at radius 2 is 1.70 bits per heavy atom. The van der Waals surface area contributed by atoms with Crippen molar-refractivity contribution in [3.05, 3.63) is 81.4 Å². The predicted octanol–water partition coefficient (Wildman–Crippen LogP) is 8.09. The average Bonchev–Trinajstić information content (AvgIpc) is 2.71. The molecule has 0 saturated heterocycles. The molecule has 2 aromatic carbocycles. The number of halogens is 5. The van der Waals surface area contributed by atoms with Gasteiger partial charge < -0.3 is 0 Å². The van der Waals surface area contributed by atoms with Crippen molar-refractivity contribution in [2.24, 2.45) is 11.8 Å². The molecule has 0 aliphatic heterocycles. The van der Waals surface area contributed by atoms with Crippen LogP contribution in [0.2, 0.25) is 5.02 Å². The van der Waals surface area contributed by atoms with Crippen molar-refractivity contribution in [1.29, 1.82) is 0 Å². The van der Waals surface area contributed by atoms with Crippen LogP contribution in [0.15, 0.2) is 36.4 Å². The van der Waals surface area contributed by atoms with E-state index in [-0.39, 0.29) is 23.7 Å². The van der Waals surface area contributed by atoms with Crippen molar-refractivity contribution in [1.82, 2.24) is 0 Å². The zero-order valence-electron chi connectivity index (χ0n) is 16.9. The fourth-order valence-electron chi connectivity index (χ4n) is 5.54. The molecule has 0 bridgehead atoms. The third-order valence-electron chi connectivity index (χ3n) is 6.80. The highest BCUT2D eigenvalue weighted by atomic mass is 35.5. The number of allylic oxidation sites excluding steroid dienone is 2. The lowest BCUT2D eigenvalue weighted by atomic mass is 9.58. The van der Waals surface area contributed by atoms with Crippen LogP contribution in [-0.2, 0) is 6.42 Å². The Labute approximate surface area is 179 Å². The molecule has 0 nitrogen and oxygen atoms in total. The highest BCUT2D eigenvalue weighted by Gasteiger charge is 2.43. The number of rotatable bonds is 4. The highest BCUT2D eigenvalue weighted by molar-refractivity contribution is 6.30. The van der Waals surface area contributed by atoms with Gasteiger partial charge in [0.05, 0.1) is 0 Å². The number of hydrogen-bond donors (Lipinski definition) is 0. The van der Waals surface area contributed by atoms with Gasteiger partial charge in [0.15, 0.2) is 0 Å². The molecule has 0 aromatic heterocycles. The third kappa shape index (κ3) is 3.91. The van der Waals surface area contributed by atoms with E-state index in [1.807, 2.05) is 0 Å².